The number of carbonyl (C=O) groups is 2. The van der Waals surface area contributed by atoms with Gasteiger partial charge in [-0.1, -0.05) is 13.8 Å². The van der Waals surface area contributed by atoms with Crippen LogP contribution in [0.5, 0.6) is 0 Å². The molecule has 0 aliphatic rings. The number of nitrogens with one attached hydrogen (secondary N) is 2. The van der Waals surface area contributed by atoms with E-state index in [0.717, 1.165) is 11.3 Å². The molecule has 3 N–H and O–H groups in total. The molecule has 0 radical (unpaired) electrons. The smallest absolute Gasteiger partial charge is 0.307 e. The van der Waals surface area contributed by atoms with Crippen LogP contribution in [-0.4, -0.2) is 27.2 Å². The molecule has 0 spiro atoms. The lowest BCUT2D eigenvalue weighted by Gasteiger charge is -2.14. The van der Waals surface area contributed by atoms with E-state index in [9.17, 15) is 9.59 Å². The summed E-state index contributed by atoms with van der Waals surface area (Å²) in [4.78, 5) is 22.6. The number of carboxylic acid groups (broad SMARTS) is 1. The maximum absolute atomic E-state index is 11.8. The molecule has 0 fully saturated rings. The van der Waals surface area contributed by atoms with Crippen LogP contribution >= 0.6 is 0 Å². The van der Waals surface area contributed by atoms with Gasteiger partial charge in [0.25, 0.3) is 0 Å². The van der Waals surface area contributed by atoms with Crippen LogP contribution in [0.25, 0.3) is 0 Å². The van der Waals surface area contributed by atoms with Gasteiger partial charge >= 0.3 is 5.97 Å². The molecule has 0 bridgehead atoms. The molecule has 1 rings (SSSR count). The van der Waals surface area contributed by atoms with Gasteiger partial charge in [0.1, 0.15) is 0 Å². The number of H-pyrrole nitrogens is 1. The molecule has 0 aliphatic heterocycles. The fraction of sp³-hybridized carbons (Fsp3) is 0.545. The lowest BCUT2D eigenvalue weighted by atomic mass is 9.95. The van der Waals surface area contributed by atoms with E-state index >= 15 is 0 Å². The molecule has 0 saturated heterocycles. The zero-order valence-corrected chi connectivity index (χ0v) is 10.4. The second-order valence-corrected chi connectivity index (χ2v) is 4.23. The Morgan fingerprint density at radius 1 is 1.29 bits per heavy atom. The Morgan fingerprint density at radius 2 is 1.88 bits per heavy atom. The van der Waals surface area contributed by atoms with E-state index in [2.05, 4.69) is 15.5 Å². The molecule has 1 heterocycles. The first kappa shape index (κ1) is 13.2. The largest absolute Gasteiger partial charge is 0.481 e. The summed E-state index contributed by atoms with van der Waals surface area (Å²) in [6.07, 6.45) is 0. The number of aryl methyl sites for hydroxylation is 1. The minimum atomic E-state index is -0.984. The molecule has 1 amide bonds. The van der Waals surface area contributed by atoms with Gasteiger partial charge in [0, 0.05) is 17.2 Å². The summed E-state index contributed by atoms with van der Waals surface area (Å²) in [5.41, 5.74) is 1.73. The number of aromatic nitrogens is 2. The normalized spacial score (nSPS) is 14.1. The molecule has 1 aromatic heterocycles. The van der Waals surface area contributed by atoms with Crippen LogP contribution in [0.15, 0.2) is 0 Å². The molecular formula is C11H17N3O3. The molecule has 2 unspecified atom stereocenters. The number of rotatable bonds is 4. The lowest BCUT2D eigenvalue weighted by molar-refractivity contribution is -0.145. The summed E-state index contributed by atoms with van der Waals surface area (Å²) in [6.45, 7) is 6.78. The van der Waals surface area contributed by atoms with E-state index in [0.29, 0.717) is 5.82 Å². The van der Waals surface area contributed by atoms with E-state index in [1.54, 1.807) is 6.92 Å². The van der Waals surface area contributed by atoms with Crippen LogP contribution in [0.1, 0.15) is 25.1 Å². The van der Waals surface area contributed by atoms with Crippen LogP contribution < -0.4 is 5.32 Å². The Labute approximate surface area is 99.4 Å². The van der Waals surface area contributed by atoms with Gasteiger partial charge in [0.05, 0.1) is 5.92 Å². The zero-order chi connectivity index (χ0) is 13.2. The number of aliphatic carboxylic acids is 1. The number of hydrogen-bond acceptors (Lipinski definition) is 3. The summed E-state index contributed by atoms with van der Waals surface area (Å²) in [6, 6.07) is 0. The predicted molar refractivity (Wildman–Crippen MR) is 62.7 cm³/mol. The number of carbonyl (C=O) groups excluding carboxylic acids is 1. The van der Waals surface area contributed by atoms with Crippen molar-refractivity contribution in [3.63, 3.8) is 0 Å². The molecule has 2 atom stereocenters. The van der Waals surface area contributed by atoms with E-state index in [1.165, 1.54) is 6.92 Å². The second kappa shape index (κ2) is 4.99. The van der Waals surface area contributed by atoms with E-state index < -0.39 is 17.8 Å². The van der Waals surface area contributed by atoms with Crippen molar-refractivity contribution in [1.29, 1.82) is 0 Å². The van der Waals surface area contributed by atoms with Gasteiger partial charge in [-0.2, -0.15) is 5.10 Å². The maximum atomic E-state index is 11.8. The van der Waals surface area contributed by atoms with Crippen molar-refractivity contribution in [2.45, 2.75) is 27.7 Å². The number of anilines is 1. The SMILES string of the molecule is Cc1[nH]nc(NC(=O)C(C)C(C)C(=O)O)c1C. The second-order valence-electron chi connectivity index (χ2n) is 4.23. The van der Waals surface area contributed by atoms with Crippen molar-refractivity contribution in [1.82, 2.24) is 10.2 Å². The monoisotopic (exact) mass is 239 g/mol. The Kier molecular flexibility index (Phi) is 3.88. The predicted octanol–water partition coefficient (Wildman–Crippen LogP) is 1.32. The molecule has 17 heavy (non-hydrogen) atoms. The maximum Gasteiger partial charge on any atom is 0.307 e. The number of aromatic amines is 1. The van der Waals surface area contributed by atoms with Gasteiger partial charge < -0.3 is 10.4 Å². The Hall–Kier alpha value is -1.85. The molecule has 94 valence electrons. The molecular weight excluding hydrogens is 222 g/mol. The number of hydrogen-bond donors (Lipinski definition) is 3. The van der Waals surface area contributed by atoms with Gasteiger partial charge in [-0.05, 0) is 13.8 Å². The van der Waals surface area contributed by atoms with Gasteiger partial charge in [-0.15, -0.1) is 0 Å². The van der Waals surface area contributed by atoms with Crippen LogP contribution in [0, 0.1) is 25.7 Å². The molecule has 0 aromatic carbocycles. The molecule has 6 heteroatoms. The van der Waals surface area contributed by atoms with Crippen LogP contribution in [0.3, 0.4) is 0 Å². The van der Waals surface area contributed by atoms with E-state index in [-0.39, 0.29) is 5.91 Å². The first-order chi connectivity index (χ1) is 7.84. The van der Waals surface area contributed by atoms with Crippen molar-refractivity contribution in [3.05, 3.63) is 11.3 Å². The van der Waals surface area contributed by atoms with Crippen LogP contribution in [-0.2, 0) is 9.59 Å². The highest BCUT2D eigenvalue weighted by molar-refractivity contribution is 5.94. The highest BCUT2D eigenvalue weighted by Crippen LogP contribution is 2.17. The van der Waals surface area contributed by atoms with Crippen LogP contribution in [0.4, 0.5) is 5.82 Å². The Morgan fingerprint density at radius 3 is 2.29 bits per heavy atom. The lowest BCUT2D eigenvalue weighted by Crippen LogP contribution is -2.30. The Bertz CT molecular complexity index is 439. The summed E-state index contributed by atoms with van der Waals surface area (Å²) in [5, 5.41) is 18.1. The van der Waals surface area contributed by atoms with Crippen molar-refractivity contribution in [2.24, 2.45) is 11.8 Å². The Balaban J connectivity index is 2.73. The molecule has 6 nitrogen and oxygen atoms in total. The van der Waals surface area contributed by atoms with Crippen molar-refractivity contribution < 1.29 is 14.7 Å². The quantitative estimate of drug-likeness (QED) is 0.738. The van der Waals surface area contributed by atoms with E-state index in [4.69, 9.17) is 5.11 Å². The number of nitrogens with zero attached hydrogens (tertiary/aromatic N) is 1. The first-order valence-electron chi connectivity index (χ1n) is 5.39. The zero-order valence-electron chi connectivity index (χ0n) is 10.4. The number of carboxylic acids is 1. The average molecular weight is 239 g/mol. The molecule has 0 saturated carbocycles. The average Bonchev–Trinajstić information content (AvgIpc) is 2.58. The highest BCUT2D eigenvalue weighted by Gasteiger charge is 2.26. The minimum Gasteiger partial charge on any atom is -0.481 e. The minimum absolute atomic E-state index is 0.338. The third-order valence-electron chi connectivity index (χ3n) is 3.05. The van der Waals surface area contributed by atoms with Crippen molar-refractivity contribution >= 4 is 17.7 Å². The fourth-order valence-corrected chi connectivity index (χ4v) is 1.28. The van der Waals surface area contributed by atoms with E-state index in [1.807, 2.05) is 13.8 Å². The van der Waals surface area contributed by atoms with Gasteiger partial charge in [-0.25, -0.2) is 0 Å². The van der Waals surface area contributed by atoms with Crippen molar-refractivity contribution in [3.8, 4) is 0 Å². The topological polar surface area (TPSA) is 95.1 Å². The summed E-state index contributed by atoms with van der Waals surface area (Å²) >= 11 is 0. The summed E-state index contributed by atoms with van der Waals surface area (Å²) < 4.78 is 0. The van der Waals surface area contributed by atoms with Crippen LogP contribution in [0.2, 0.25) is 0 Å². The van der Waals surface area contributed by atoms with Crippen molar-refractivity contribution in [2.75, 3.05) is 5.32 Å². The number of amides is 1. The third kappa shape index (κ3) is 2.83. The highest BCUT2D eigenvalue weighted by atomic mass is 16.4. The molecule has 1 aromatic rings. The van der Waals surface area contributed by atoms with Gasteiger partial charge in [-0.3, -0.25) is 14.7 Å². The summed E-state index contributed by atoms with van der Waals surface area (Å²) in [7, 11) is 0. The van der Waals surface area contributed by atoms with Gasteiger partial charge in [0.2, 0.25) is 5.91 Å². The molecule has 0 aliphatic carbocycles. The van der Waals surface area contributed by atoms with Gasteiger partial charge in [0.15, 0.2) is 5.82 Å². The third-order valence-corrected chi connectivity index (χ3v) is 3.05. The summed E-state index contributed by atoms with van der Waals surface area (Å²) in [5.74, 6) is -2.20. The standard InChI is InChI=1S/C11H17N3O3/c1-5(6(2)11(16)17)10(15)12-9-7(3)8(4)13-14-9/h5-6H,1-4H3,(H,16,17)(H2,12,13,14,15). The fourth-order valence-electron chi connectivity index (χ4n) is 1.28. The first-order valence-corrected chi connectivity index (χ1v) is 5.39.